The van der Waals surface area contributed by atoms with Gasteiger partial charge in [0.05, 0.1) is 38.8 Å². The van der Waals surface area contributed by atoms with Crippen molar-refractivity contribution in [2.75, 3.05) is 21.3 Å². The number of benzene rings is 3. The quantitative estimate of drug-likeness (QED) is 0.465. The van der Waals surface area contributed by atoms with Crippen LogP contribution in [0.1, 0.15) is 11.1 Å². The van der Waals surface area contributed by atoms with Crippen LogP contribution in [-0.4, -0.2) is 30.9 Å². The molecule has 0 amide bonds. The van der Waals surface area contributed by atoms with E-state index in [9.17, 15) is 4.79 Å². The minimum absolute atomic E-state index is 0.0994. The lowest BCUT2D eigenvalue weighted by atomic mass is 10.1. The Balaban J connectivity index is 2.01. The summed E-state index contributed by atoms with van der Waals surface area (Å²) in [5, 5.41) is 0.576. The molecule has 0 N–H and O–H groups in total. The molecular weight excluding hydrogens is 392 g/mol. The highest BCUT2D eigenvalue weighted by Gasteiger charge is 2.19. The highest BCUT2D eigenvalue weighted by Crippen LogP contribution is 2.41. The van der Waals surface area contributed by atoms with Gasteiger partial charge in [-0.05, 0) is 42.3 Å². The molecule has 0 aliphatic carbocycles. The van der Waals surface area contributed by atoms with E-state index in [4.69, 9.17) is 19.2 Å². The summed E-state index contributed by atoms with van der Waals surface area (Å²) >= 11 is 0. The first-order chi connectivity index (χ1) is 15.1. The molecular formula is C25H24N2O4. The Morgan fingerprint density at radius 3 is 2.16 bits per heavy atom. The van der Waals surface area contributed by atoms with Gasteiger partial charge in [0.15, 0.2) is 11.5 Å². The molecule has 6 nitrogen and oxygen atoms in total. The van der Waals surface area contributed by atoms with E-state index in [1.54, 1.807) is 32.0 Å². The smallest absolute Gasteiger partial charge is 0.261 e. The van der Waals surface area contributed by atoms with Crippen molar-refractivity contribution in [2.24, 2.45) is 0 Å². The van der Waals surface area contributed by atoms with Gasteiger partial charge in [0.2, 0.25) is 5.75 Å². The number of ether oxygens (including phenoxy) is 3. The summed E-state index contributed by atoms with van der Waals surface area (Å²) in [7, 11) is 4.69. The predicted octanol–water partition coefficient (Wildman–Crippen LogP) is 4.45. The molecule has 4 aromatic rings. The normalized spacial score (nSPS) is 10.8. The van der Waals surface area contributed by atoms with Crippen LogP contribution < -0.4 is 19.8 Å². The second-order valence-electron chi connectivity index (χ2n) is 7.18. The highest BCUT2D eigenvalue weighted by molar-refractivity contribution is 5.80. The first-order valence-corrected chi connectivity index (χ1v) is 9.91. The molecule has 3 aromatic carbocycles. The number of fused-ring (bicyclic) bond motifs is 1. The predicted molar refractivity (Wildman–Crippen MR) is 121 cm³/mol. The fraction of sp³-hybridized carbons (Fsp3) is 0.200. The van der Waals surface area contributed by atoms with Crippen molar-refractivity contribution in [3.8, 4) is 28.6 Å². The summed E-state index contributed by atoms with van der Waals surface area (Å²) < 4.78 is 18.2. The van der Waals surface area contributed by atoms with Gasteiger partial charge in [-0.15, -0.1) is 0 Å². The van der Waals surface area contributed by atoms with Crippen LogP contribution in [0.25, 0.3) is 22.3 Å². The lowest BCUT2D eigenvalue weighted by Crippen LogP contribution is -2.24. The van der Waals surface area contributed by atoms with Gasteiger partial charge in [0.1, 0.15) is 5.82 Å². The molecule has 0 atom stereocenters. The van der Waals surface area contributed by atoms with Crippen molar-refractivity contribution in [2.45, 2.75) is 13.5 Å². The topological polar surface area (TPSA) is 62.6 Å². The van der Waals surface area contributed by atoms with Crippen molar-refractivity contribution < 1.29 is 14.2 Å². The van der Waals surface area contributed by atoms with Crippen LogP contribution in [-0.2, 0) is 6.54 Å². The van der Waals surface area contributed by atoms with Crippen molar-refractivity contribution >= 4 is 10.9 Å². The number of hydrogen-bond donors (Lipinski definition) is 0. The number of rotatable bonds is 6. The minimum Gasteiger partial charge on any atom is -0.493 e. The van der Waals surface area contributed by atoms with Gasteiger partial charge in [-0.3, -0.25) is 9.36 Å². The van der Waals surface area contributed by atoms with E-state index in [1.165, 1.54) is 0 Å². The lowest BCUT2D eigenvalue weighted by molar-refractivity contribution is 0.324. The second kappa shape index (κ2) is 8.52. The van der Waals surface area contributed by atoms with Gasteiger partial charge >= 0.3 is 0 Å². The molecule has 0 aliphatic rings. The summed E-state index contributed by atoms with van der Waals surface area (Å²) in [6.45, 7) is 2.43. The molecule has 0 saturated heterocycles. The van der Waals surface area contributed by atoms with Gasteiger partial charge < -0.3 is 14.2 Å². The summed E-state index contributed by atoms with van der Waals surface area (Å²) in [5.41, 5.74) is 3.40. The first-order valence-electron chi connectivity index (χ1n) is 9.91. The molecule has 4 rings (SSSR count). The van der Waals surface area contributed by atoms with Gasteiger partial charge in [0, 0.05) is 5.56 Å². The maximum absolute atomic E-state index is 13.5. The molecule has 31 heavy (non-hydrogen) atoms. The molecule has 0 radical (unpaired) electrons. The van der Waals surface area contributed by atoms with Gasteiger partial charge in [0.25, 0.3) is 5.56 Å². The number of aromatic nitrogens is 2. The fourth-order valence-electron chi connectivity index (χ4n) is 3.70. The molecule has 1 aromatic heterocycles. The molecule has 0 bridgehead atoms. The molecule has 0 saturated carbocycles. The third-order valence-corrected chi connectivity index (χ3v) is 5.37. The number of methoxy groups -OCH3 is 3. The largest absolute Gasteiger partial charge is 0.493 e. The monoisotopic (exact) mass is 416 g/mol. The Labute approximate surface area is 180 Å². The molecule has 0 spiro atoms. The zero-order valence-corrected chi connectivity index (χ0v) is 18.0. The Morgan fingerprint density at radius 2 is 1.52 bits per heavy atom. The number of para-hydroxylation sites is 1. The lowest BCUT2D eigenvalue weighted by Gasteiger charge is -2.18. The Bertz CT molecular complexity index is 1290. The number of aryl methyl sites for hydroxylation is 1. The average molecular weight is 416 g/mol. The zero-order valence-electron chi connectivity index (χ0n) is 18.0. The van der Waals surface area contributed by atoms with E-state index in [0.717, 1.165) is 11.1 Å². The van der Waals surface area contributed by atoms with Crippen LogP contribution >= 0.6 is 0 Å². The van der Waals surface area contributed by atoms with Crippen LogP contribution in [0.2, 0.25) is 0 Å². The summed E-state index contributed by atoms with van der Waals surface area (Å²) in [6.07, 6.45) is 0. The Morgan fingerprint density at radius 1 is 0.871 bits per heavy atom. The minimum atomic E-state index is -0.0994. The van der Waals surface area contributed by atoms with E-state index in [-0.39, 0.29) is 5.56 Å². The average Bonchev–Trinajstić information content (AvgIpc) is 2.81. The fourth-order valence-corrected chi connectivity index (χ4v) is 3.70. The standard InChI is InChI=1S/C25H24N2O4/c1-16-9-5-6-10-17(16)15-27-24(26-20-12-8-7-11-19(20)25(27)28)18-13-21(29-2)23(31-4)22(14-18)30-3/h5-14H,15H2,1-4H3. The van der Waals surface area contributed by atoms with Crippen LogP contribution in [0.15, 0.2) is 65.5 Å². The van der Waals surface area contributed by atoms with Crippen LogP contribution in [0.3, 0.4) is 0 Å². The third kappa shape index (κ3) is 3.72. The zero-order chi connectivity index (χ0) is 22.0. The summed E-state index contributed by atoms with van der Waals surface area (Å²) in [6, 6.07) is 19.0. The first kappa shape index (κ1) is 20.5. The Hall–Kier alpha value is -3.80. The van der Waals surface area contributed by atoms with Gasteiger partial charge in [-0.1, -0.05) is 36.4 Å². The van der Waals surface area contributed by atoms with Crippen LogP contribution in [0, 0.1) is 6.92 Å². The van der Waals surface area contributed by atoms with Crippen molar-refractivity contribution in [1.82, 2.24) is 9.55 Å². The third-order valence-electron chi connectivity index (χ3n) is 5.37. The SMILES string of the molecule is COc1cc(-c2nc3ccccc3c(=O)n2Cc2ccccc2C)cc(OC)c1OC. The van der Waals surface area contributed by atoms with E-state index in [0.29, 0.717) is 46.1 Å². The summed E-state index contributed by atoms with van der Waals surface area (Å²) in [4.78, 5) is 18.4. The van der Waals surface area contributed by atoms with Crippen molar-refractivity contribution in [1.29, 1.82) is 0 Å². The molecule has 158 valence electrons. The van der Waals surface area contributed by atoms with E-state index in [1.807, 2.05) is 61.5 Å². The van der Waals surface area contributed by atoms with E-state index in [2.05, 4.69) is 0 Å². The van der Waals surface area contributed by atoms with Gasteiger partial charge in [-0.2, -0.15) is 0 Å². The maximum Gasteiger partial charge on any atom is 0.261 e. The van der Waals surface area contributed by atoms with Crippen molar-refractivity contribution in [3.63, 3.8) is 0 Å². The maximum atomic E-state index is 13.5. The summed E-state index contributed by atoms with van der Waals surface area (Å²) in [5.74, 6) is 2.02. The van der Waals surface area contributed by atoms with Gasteiger partial charge in [-0.25, -0.2) is 4.98 Å². The second-order valence-corrected chi connectivity index (χ2v) is 7.18. The number of nitrogens with zero attached hydrogens (tertiary/aromatic N) is 2. The van der Waals surface area contributed by atoms with E-state index < -0.39 is 0 Å². The molecule has 0 aliphatic heterocycles. The number of hydrogen-bond acceptors (Lipinski definition) is 5. The van der Waals surface area contributed by atoms with Crippen molar-refractivity contribution in [3.05, 3.63) is 82.1 Å². The van der Waals surface area contributed by atoms with E-state index >= 15 is 0 Å². The molecule has 0 fully saturated rings. The molecule has 6 heteroatoms. The highest BCUT2D eigenvalue weighted by atomic mass is 16.5. The van der Waals surface area contributed by atoms with Crippen LogP contribution in [0.4, 0.5) is 0 Å². The molecule has 1 heterocycles. The molecule has 0 unspecified atom stereocenters. The van der Waals surface area contributed by atoms with Crippen LogP contribution in [0.5, 0.6) is 17.2 Å². The Kier molecular flexibility index (Phi) is 5.62.